The molecule has 104 valence electrons. The number of nitrogens with one attached hydrogen (secondary N) is 1. The average Bonchev–Trinajstić information content (AvgIpc) is 2.40. The van der Waals surface area contributed by atoms with Crippen LogP contribution >= 0.6 is 0 Å². The Bertz CT molecular complexity index is 290. The molecule has 1 N–H and O–H groups in total. The smallest absolute Gasteiger partial charge is 0.326 e. The Hall–Kier alpha value is -0.610. The van der Waals surface area contributed by atoms with Crippen molar-refractivity contribution in [2.75, 3.05) is 32.8 Å². The Labute approximate surface area is 110 Å². The number of esters is 1. The van der Waals surface area contributed by atoms with Crippen molar-refractivity contribution in [3.05, 3.63) is 0 Å². The zero-order valence-corrected chi connectivity index (χ0v) is 11.7. The summed E-state index contributed by atoms with van der Waals surface area (Å²) < 4.78 is 5.39. The van der Waals surface area contributed by atoms with E-state index in [1.54, 1.807) is 0 Å². The van der Waals surface area contributed by atoms with Crippen LogP contribution in [0.3, 0.4) is 0 Å². The Kier molecular flexibility index (Phi) is 4.62. The van der Waals surface area contributed by atoms with Crippen molar-refractivity contribution in [3.8, 4) is 0 Å². The van der Waals surface area contributed by atoms with Crippen LogP contribution < -0.4 is 5.32 Å². The van der Waals surface area contributed by atoms with E-state index in [2.05, 4.69) is 17.1 Å². The molecule has 0 spiro atoms. The van der Waals surface area contributed by atoms with E-state index >= 15 is 0 Å². The zero-order chi connectivity index (χ0) is 13.0. The Morgan fingerprint density at radius 3 is 2.78 bits per heavy atom. The molecule has 0 aromatic heterocycles. The summed E-state index contributed by atoms with van der Waals surface area (Å²) in [5.41, 5.74) is -0.338. The highest BCUT2D eigenvalue weighted by Crippen LogP contribution is 2.38. The summed E-state index contributed by atoms with van der Waals surface area (Å²) in [5.74, 6) is 0.636. The van der Waals surface area contributed by atoms with Gasteiger partial charge in [0.05, 0.1) is 6.61 Å². The average molecular weight is 254 g/mol. The van der Waals surface area contributed by atoms with Crippen molar-refractivity contribution >= 4 is 5.97 Å². The van der Waals surface area contributed by atoms with Gasteiger partial charge in [-0.25, -0.2) is 0 Å². The lowest BCUT2D eigenvalue weighted by Crippen LogP contribution is -2.62. The number of rotatable bonds is 3. The molecular weight excluding hydrogens is 228 g/mol. The summed E-state index contributed by atoms with van der Waals surface area (Å²) in [7, 11) is 0. The van der Waals surface area contributed by atoms with Gasteiger partial charge < -0.3 is 10.1 Å². The van der Waals surface area contributed by atoms with Gasteiger partial charge in [-0.1, -0.05) is 19.8 Å². The lowest BCUT2D eigenvalue weighted by molar-refractivity contribution is -0.162. The molecule has 2 fully saturated rings. The monoisotopic (exact) mass is 254 g/mol. The highest BCUT2D eigenvalue weighted by Gasteiger charge is 2.47. The van der Waals surface area contributed by atoms with Gasteiger partial charge in [0, 0.05) is 26.2 Å². The molecule has 0 bridgehead atoms. The summed E-state index contributed by atoms with van der Waals surface area (Å²) in [6.45, 7) is 8.54. The van der Waals surface area contributed by atoms with Crippen LogP contribution in [0.15, 0.2) is 0 Å². The van der Waals surface area contributed by atoms with Crippen LogP contribution in [0, 0.1) is 5.92 Å². The van der Waals surface area contributed by atoms with E-state index in [0.717, 1.165) is 45.4 Å². The fourth-order valence-electron chi connectivity index (χ4n) is 3.48. The van der Waals surface area contributed by atoms with Crippen molar-refractivity contribution in [2.24, 2.45) is 5.92 Å². The van der Waals surface area contributed by atoms with Gasteiger partial charge in [0.25, 0.3) is 0 Å². The minimum absolute atomic E-state index is 0.0125. The van der Waals surface area contributed by atoms with Crippen molar-refractivity contribution in [1.29, 1.82) is 0 Å². The molecule has 2 unspecified atom stereocenters. The van der Waals surface area contributed by atoms with E-state index in [0.29, 0.717) is 12.5 Å². The second-order valence-electron chi connectivity index (χ2n) is 5.69. The highest BCUT2D eigenvalue weighted by atomic mass is 16.5. The van der Waals surface area contributed by atoms with Gasteiger partial charge in [-0.3, -0.25) is 9.69 Å². The molecule has 1 heterocycles. The third-order valence-electron chi connectivity index (χ3n) is 4.35. The number of ether oxygens (including phenoxy) is 1. The number of piperazine rings is 1. The van der Waals surface area contributed by atoms with Crippen LogP contribution in [-0.2, 0) is 9.53 Å². The van der Waals surface area contributed by atoms with Crippen LogP contribution in [0.2, 0.25) is 0 Å². The molecule has 4 nitrogen and oxygen atoms in total. The number of hydrogen-bond donors (Lipinski definition) is 1. The number of nitrogens with zero attached hydrogens (tertiary/aromatic N) is 1. The third-order valence-corrected chi connectivity index (χ3v) is 4.35. The molecule has 2 rings (SSSR count). The summed E-state index contributed by atoms with van der Waals surface area (Å²) in [4.78, 5) is 14.9. The van der Waals surface area contributed by atoms with Crippen molar-refractivity contribution in [1.82, 2.24) is 10.2 Å². The first-order valence-electron chi connectivity index (χ1n) is 7.32. The molecule has 1 aliphatic carbocycles. The first kappa shape index (κ1) is 13.8. The van der Waals surface area contributed by atoms with Crippen LogP contribution in [0.5, 0.6) is 0 Å². The summed E-state index contributed by atoms with van der Waals surface area (Å²) in [6.07, 6.45) is 4.32. The second-order valence-corrected chi connectivity index (χ2v) is 5.69. The van der Waals surface area contributed by atoms with Gasteiger partial charge in [0.15, 0.2) is 0 Å². The molecule has 1 saturated heterocycles. The number of carbonyl (C=O) groups excluding carboxylic acids is 1. The van der Waals surface area contributed by atoms with Crippen molar-refractivity contribution in [2.45, 2.75) is 45.1 Å². The quantitative estimate of drug-likeness (QED) is 0.773. The van der Waals surface area contributed by atoms with Crippen molar-refractivity contribution in [3.63, 3.8) is 0 Å². The molecule has 0 amide bonds. The topological polar surface area (TPSA) is 41.6 Å². The van der Waals surface area contributed by atoms with Crippen molar-refractivity contribution < 1.29 is 9.53 Å². The summed E-state index contributed by atoms with van der Waals surface area (Å²) in [5, 5.41) is 3.36. The van der Waals surface area contributed by atoms with Crippen LogP contribution in [0.25, 0.3) is 0 Å². The second kappa shape index (κ2) is 6.02. The van der Waals surface area contributed by atoms with Gasteiger partial charge in [-0.05, 0) is 25.7 Å². The Balaban J connectivity index is 2.17. The molecule has 1 saturated carbocycles. The normalized spacial score (nSPS) is 34.2. The predicted molar refractivity (Wildman–Crippen MR) is 71.4 cm³/mol. The molecule has 18 heavy (non-hydrogen) atoms. The maximum atomic E-state index is 12.5. The first-order valence-corrected chi connectivity index (χ1v) is 7.32. The number of carbonyl (C=O) groups is 1. The minimum Gasteiger partial charge on any atom is -0.465 e. The van der Waals surface area contributed by atoms with Crippen LogP contribution in [0.4, 0.5) is 0 Å². The fraction of sp³-hybridized carbons (Fsp3) is 0.929. The summed E-state index contributed by atoms with van der Waals surface area (Å²) in [6, 6.07) is 0. The SMILES string of the molecule is CCOC(=O)C1(N2CCNCC2)CCCC(C)C1. The van der Waals surface area contributed by atoms with Gasteiger partial charge in [-0.15, -0.1) is 0 Å². The van der Waals surface area contributed by atoms with E-state index in [9.17, 15) is 4.79 Å². The van der Waals surface area contributed by atoms with E-state index < -0.39 is 0 Å². The Morgan fingerprint density at radius 2 is 2.17 bits per heavy atom. The first-order chi connectivity index (χ1) is 8.69. The van der Waals surface area contributed by atoms with Gasteiger partial charge in [-0.2, -0.15) is 0 Å². The van der Waals surface area contributed by atoms with E-state index in [1.807, 2.05) is 6.92 Å². The largest absolute Gasteiger partial charge is 0.465 e. The molecular formula is C14H26N2O2. The highest BCUT2D eigenvalue weighted by molar-refractivity contribution is 5.81. The lowest BCUT2D eigenvalue weighted by Gasteiger charge is -2.47. The Morgan fingerprint density at radius 1 is 1.44 bits per heavy atom. The molecule has 0 aromatic carbocycles. The van der Waals surface area contributed by atoms with Crippen LogP contribution in [-0.4, -0.2) is 49.2 Å². The standard InChI is InChI=1S/C14H26N2O2/c1-3-18-13(17)14(6-4-5-12(2)11-14)16-9-7-15-8-10-16/h12,15H,3-11H2,1-2H3. The molecule has 0 radical (unpaired) electrons. The molecule has 4 heteroatoms. The van der Waals surface area contributed by atoms with E-state index in [4.69, 9.17) is 4.74 Å². The van der Waals surface area contributed by atoms with Crippen LogP contribution in [0.1, 0.15) is 39.5 Å². The number of hydrogen-bond acceptors (Lipinski definition) is 4. The lowest BCUT2D eigenvalue weighted by atomic mass is 9.75. The van der Waals surface area contributed by atoms with Gasteiger partial charge >= 0.3 is 5.97 Å². The van der Waals surface area contributed by atoms with E-state index in [-0.39, 0.29) is 11.5 Å². The molecule has 0 aromatic rings. The predicted octanol–water partition coefficient (Wildman–Crippen LogP) is 1.40. The van der Waals surface area contributed by atoms with Gasteiger partial charge in [0.2, 0.25) is 0 Å². The minimum atomic E-state index is -0.338. The van der Waals surface area contributed by atoms with E-state index in [1.165, 1.54) is 6.42 Å². The molecule has 2 aliphatic rings. The molecule has 2 atom stereocenters. The maximum Gasteiger partial charge on any atom is 0.326 e. The fourth-order valence-corrected chi connectivity index (χ4v) is 3.48. The molecule has 1 aliphatic heterocycles. The third kappa shape index (κ3) is 2.69. The van der Waals surface area contributed by atoms with Gasteiger partial charge in [0.1, 0.15) is 5.54 Å². The maximum absolute atomic E-state index is 12.5. The zero-order valence-electron chi connectivity index (χ0n) is 11.7. The summed E-state index contributed by atoms with van der Waals surface area (Å²) >= 11 is 0.